The molecular weight excluding hydrogens is 601 g/mol. The Labute approximate surface area is 253 Å². The average Bonchev–Trinajstić information content (AvgIpc) is 3.33. The number of likely N-dealkylation sites (tertiary alicyclic amines) is 2. The van der Waals surface area contributed by atoms with Gasteiger partial charge in [0.05, 0.1) is 39.9 Å². The first-order valence-electron chi connectivity index (χ1n) is 13.6. The molecule has 2 saturated heterocycles. The van der Waals surface area contributed by atoms with E-state index in [1.54, 1.807) is 24.1 Å². The fourth-order valence-corrected chi connectivity index (χ4v) is 7.07. The summed E-state index contributed by atoms with van der Waals surface area (Å²) in [5.41, 5.74) is 9.04. The Hall–Kier alpha value is -4.42. The summed E-state index contributed by atoms with van der Waals surface area (Å²) in [5, 5.41) is 16.7. The number of fused-ring (bicyclic) bond motifs is 2. The number of carbonyl (C=O) groups excluding carboxylic acids is 3. The minimum atomic E-state index is -5.08. The minimum Gasteiger partial charge on any atom is -0.475 e. The molecule has 5 heterocycles. The van der Waals surface area contributed by atoms with Crippen molar-refractivity contribution in [3.8, 4) is 17.2 Å². The number of pyridine rings is 2. The smallest absolute Gasteiger partial charge is 0.475 e. The molecule has 6 rings (SSSR count). The Bertz CT molecular complexity index is 1740. The molecule has 3 atom stereocenters. The summed E-state index contributed by atoms with van der Waals surface area (Å²) < 4.78 is 32.6. The van der Waals surface area contributed by atoms with Gasteiger partial charge in [0.25, 0.3) is 5.91 Å². The molecule has 0 bridgehead atoms. The van der Waals surface area contributed by atoms with Gasteiger partial charge in [0.1, 0.15) is 11.8 Å². The molecule has 1 aliphatic carbocycles. The van der Waals surface area contributed by atoms with Crippen LogP contribution in [0.15, 0.2) is 24.4 Å². The van der Waals surface area contributed by atoms with Crippen LogP contribution in [-0.2, 0) is 20.9 Å². The van der Waals surface area contributed by atoms with E-state index < -0.39 is 12.1 Å². The third kappa shape index (κ3) is 5.39. The number of alkyl halides is 3. The average molecular weight is 629 g/mol. The van der Waals surface area contributed by atoms with Crippen molar-refractivity contribution in [2.75, 3.05) is 13.1 Å². The van der Waals surface area contributed by atoms with E-state index in [2.05, 4.69) is 16.0 Å². The third-order valence-electron chi connectivity index (χ3n) is 8.24. The fraction of sp³-hybridized carbons (Fsp3) is 0.414. The standard InChI is InChI=1S/C27H26N6O3S.C2HF3O2/c1-13-20(24(34)32-7-5-14(29)11-32)18(8-15(10-28)31-13)17-4-6-30-19-9-16(37-23(17)19)12-33-25(35)21-22(26(33)36)27(21,2)3;3-2(4,5)1(6)7/h4,6,8-9,14,21-22H,5,7,11-12,29H2,1-3H3;(H,6,7)/t14-,21?,22?;/m1./s1. The van der Waals surface area contributed by atoms with E-state index in [-0.39, 0.29) is 53.3 Å². The van der Waals surface area contributed by atoms with E-state index in [0.717, 1.165) is 21.6 Å². The van der Waals surface area contributed by atoms with E-state index in [4.69, 9.17) is 15.6 Å². The summed E-state index contributed by atoms with van der Waals surface area (Å²) in [5.74, 6) is -3.57. The van der Waals surface area contributed by atoms with Crippen molar-refractivity contribution in [1.29, 1.82) is 5.26 Å². The van der Waals surface area contributed by atoms with Crippen molar-refractivity contribution in [2.45, 2.75) is 46.0 Å². The second-order valence-electron chi connectivity index (χ2n) is 11.6. The van der Waals surface area contributed by atoms with Gasteiger partial charge in [-0.1, -0.05) is 13.8 Å². The first-order chi connectivity index (χ1) is 20.6. The van der Waals surface area contributed by atoms with Gasteiger partial charge in [-0.15, -0.1) is 11.3 Å². The summed E-state index contributed by atoms with van der Waals surface area (Å²) in [7, 11) is 0. The minimum absolute atomic E-state index is 0.0563. The Kier molecular flexibility index (Phi) is 7.71. The van der Waals surface area contributed by atoms with Gasteiger partial charge in [0.2, 0.25) is 11.8 Å². The second-order valence-corrected chi connectivity index (χ2v) is 12.7. The van der Waals surface area contributed by atoms with Crippen molar-refractivity contribution in [2.24, 2.45) is 23.0 Å². The highest BCUT2D eigenvalue weighted by Gasteiger charge is 2.72. The molecule has 0 radical (unpaired) electrons. The Morgan fingerprint density at radius 1 is 1.20 bits per heavy atom. The number of aromatic nitrogens is 2. The van der Waals surface area contributed by atoms with E-state index >= 15 is 0 Å². The zero-order valence-electron chi connectivity index (χ0n) is 23.8. The maximum atomic E-state index is 13.6. The van der Waals surface area contributed by atoms with E-state index in [9.17, 15) is 32.8 Å². The Morgan fingerprint density at radius 3 is 2.39 bits per heavy atom. The van der Waals surface area contributed by atoms with Gasteiger partial charge < -0.3 is 15.7 Å². The number of amides is 3. The van der Waals surface area contributed by atoms with Crippen LogP contribution >= 0.6 is 11.3 Å². The van der Waals surface area contributed by atoms with E-state index in [1.807, 2.05) is 26.0 Å². The number of piperidine rings is 1. The van der Waals surface area contributed by atoms with Crippen LogP contribution in [0, 0.1) is 35.5 Å². The van der Waals surface area contributed by atoms with Gasteiger partial charge in [-0.2, -0.15) is 18.4 Å². The zero-order valence-corrected chi connectivity index (χ0v) is 24.6. The van der Waals surface area contributed by atoms with Crippen molar-refractivity contribution in [1.82, 2.24) is 19.8 Å². The van der Waals surface area contributed by atoms with Gasteiger partial charge in [-0.3, -0.25) is 24.3 Å². The summed E-state index contributed by atoms with van der Waals surface area (Å²) in [6.07, 6.45) is -2.68. The fourth-order valence-electron chi connectivity index (χ4n) is 5.94. The van der Waals surface area contributed by atoms with Gasteiger partial charge in [-0.05, 0) is 37.0 Å². The maximum Gasteiger partial charge on any atom is 0.490 e. The first-order valence-corrected chi connectivity index (χ1v) is 14.4. The molecule has 15 heteroatoms. The van der Waals surface area contributed by atoms with Crippen LogP contribution in [0.3, 0.4) is 0 Å². The number of carboxylic acids is 1. The van der Waals surface area contributed by atoms with Gasteiger partial charge in [0.15, 0.2) is 0 Å². The summed E-state index contributed by atoms with van der Waals surface area (Å²) in [6, 6.07) is 7.40. The largest absolute Gasteiger partial charge is 0.490 e. The quantitative estimate of drug-likeness (QED) is 0.411. The molecule has 2 aliphatic heterocycles. The van der Waals surface area contributed by atoms with Crippen molar-refractivity contribution in [3.05, 3.63) is 46.2 Å². The summed E-state index contributed by atoms with van der Waals surface area (Å²) in [4.78, 5) is 61.0. The number of nitrogens with zero attached hydrogens (tertiary/aromatic N) is 5. The van der Waals surface area contributed by atoms with Crippen LogP contribution in [0.4, 0.5) is 13.2 Å². The molecule has 0 spiro atoms. The highest BCUT2D eigenvalue weighted by Crippen LogP contribution is 2.63. The molecule has 44 heavy (non-hydrogen) atoms. The second kappa shape index (κ2) is 10.9. The number of thiophene rings is 1. The van der Waals surface area contributed by atoms with Crippen LogP contribution in [0.1, 0.15) is 46.9 Å². The SMILES string of the molecule is Cc1nc(C#N)cc(-c2ccnc3cc(CN4C(=O)C5C(C4=O)C5(C)C)sc23)c1C(=O)N1CC[C@@H](N)C1.O=C(O)C(F)(F)F. The van der Waals surface area contributed by atoms with Crippen molar-refractivity contribution in [3.63, 3.8) is 0 Å². The molecule has 230 valence electrons. The molecule has 3 aliphatic rings. The molecule has 3 aromatic rings. The number of hydrogen-bond acceptors (Lipinski definition) is 9. The van der Waals surface area contributed by atoms with Crippen LogP contribution in [0.5, 0.6) is 0 Å². The van der Waals surface area contributed by atoms with Gasteiger partial charge >= 0.3 is 12.1 Å². The van der Waals surface area contributed by atoms with Gasteiger partial charge in [0, 0.05) is 41.3 Å². The number of nitrogens with two attached hydrogens (primary N) is 1. The molecular formula is C29H27F3N6O5S. The highest BCUT2D eigenvalue weighted by molar-refractivity contribution is 7.19. The third-order valence-corrected chi connectivity index (χ3v) is 9.38. The molecule has 3 amide bonds. The van der Waals surface area contributed by atoms with E-state index in [0.29, 0.717) is 35.4 Å². The first kappa shape index (κ1) is 31.0. The number of imide groups is 1. The number of carboxylic acid groups (broad SMARTS) is 1. The molecule has 2 unspecified atom stereocenters. The maximum absolute atomic E-state index is 13.6. The lowest BCUT2D eigenvalue weighted by molar-refractivity contribution is -0.192. The van der Waals surface area contributed by atoms with Crippen LogP contribution < -0.4 is 5.73 Å². The predicted molar refractivity (Wildman–Crippen MR) is 151 cm³/mol. The number of rotatable bonds is 4. The summed E-state index contributed by atoms with van der Waals surface area (Å²) >= 11 is 1.44. The lowest BCUT2D eigenvalue weighted by atomic mass is 9.97. The molecule has 1 saturated carbocycles. The highest BCUT2D eigenvalue weighted by atomic mass is 32.1. The lowest BCUT2D eigenvalue weighted by Crippen LogP contribution is -2.35. The van der Waals surface area contributed by atoms with Crippen molar-refractivity contribution >= 4 is 45.2 Å². The van der Waals surface area contributed by atoms with Crippen LogP contribution in [0.25, 0.3) is 21.3 Å². The monoisotopic (exact) mass is 628 g/mol. The summed E-state index contributed by atoms with van der Waals surface area (Å²) in [6.45, 7) is 6.92. The van der Waals surface area contributed by atoms with Gasteiger partial charge in [-0.25, -0.2) is 9.78 Å². The number of aryl methyl sites for hydroxylation is 1. The van der Waals surface area contributed by atoms with Crippen LogP contribution in [-0.4, -0.2) is 73.9 Å². The number of nitriles is 1. The van der Waals surface area contributed by atoms with Crippen LogP contribution in [0.2, 0.25) is 0 Å². The number of hydrogen-bond donors (Lipinski definition) is 2. The number of aliphatic carboxylic acids is 1. The normalized spacial score (nSPS) is 22.0. The van der Waals surface area contributed by atoms with E-state index in [1.165, 1.54) is 16.2 Å². The molecule has 11 nitrogen and oxygen atoms in total. The predicted octanol–water partition coefficient (Wildman–Crippen LogP) is 3.49. The zero-order chi connectivity index (χ0) is 32.3. The molecule has 3 aromatic heterocycles. The lowest BCUT2D eigenvalue weighted by Gasteiger charge is -2.20. The Balaban J connectivity index is 0.000000493. The molecule has 3 fully saturated rings. The number of carbonyl (C=O) groups is 4. The Morgan fingerprint density at radius 2 is 1.84 bits per heavy atom. The van der Waals surface area contributed by atoms with Crippen molar-refractivity contribution < 1.29 is 37.5 Å². The topological polar surface area (TPSA) is 171 Å². The molecule has 0 aromatic carbocycles. The molecule has 3 N–H and O–H groups in total. The number of halogens is 3.